The van der Waals surface area contributed by atoms with E-state index in [0.717, 1.165) is 17.6 Å². The minimum atomic E-state index is -0.0773. The molecule has 0 N–H and O–H groups in total. The van der Waals surface area contributed by atoms with Gasteiger partial charge in [0.2, 0.25) is 0 Å². The number of hydrogen-bond acceptors (Lipinski definition) is 1. The molecule has 0 bridgehead atoms. The van der Waals surface area contributed by atoms with Gasteiger partial charge < -0.3 is 0 Å². The predicted molar refractivity (Wildman–Crippen MR) is 97.1 cm³/mol. The minimum absolute atomic E-state index is 0. The van der Waals surface area contributed by atoms with Gasteiger partial charge in [-0.15, -0.1) is 24.8 Å². The molecule has 2 aromatic carbocycles. The van der Waals surface area contributed by atoms with Crippen molar-refractivity contribution in [3.8, 4) is 0 Å². The van der Waals surface area contributed by atoms with E-state index >= 15 is 0 Å². The van der Waals surface area contributed by atoms with Crippen LogP contribution in [-0.4, -0.2) is 4.98 Å². The molecule has 0 saturated heterocycles. The summed E-state index contributed by atoms with van der Waals surface area (Å²) in [5, 5.41) is 1.19. The van der Waals surface area contributed by atoms with Gasteiger partial charge in [-0.05, 0) is 0 Å². The monoisotopic (exact) mass is 380 g/mol. The maximum absolute atomic E-state index is 4.80. The molecule has 1 nitrogen and oxygen atoms in total. The van der Waals surface area contributed by atoms with E-state index in [2.05, 4.69) is 83.0 Å². The first-order valence-electron chi connectivity index (χ1n) is 7.08. The van der Waals surface area contributed by atoms with E-state index in [9.17, 15) is 0 Å². The fourth-order valence-electron chi connectivity index (χ4n) is 2.97. The first-order valence-corrected chi connectivity index (χ1v) is 7.72. The molecular weight excluding hydrogens is 365 g/mol. The first-order chi connectivity index (χ1) is 10.2. The number of allylic oxidation sites excluding steroid dienone is 1. The van der Waals surface area contributed by atoms with Crippen LogP contribution in [-0.2, 0) is 27.0 Å². The fourth-order valence-corrected chi connectivity index (χ4v) is 3.60. The number of benzene rings is 2. The molecule has 117 valence electrons. The summed E-state index contributed by atoms with van der Waals surface area (Å²) in [6, 6.07) is 21.1. The van der Waals surface area contributed by atoms with Crippen molar-refractivity contribution in [3.63, 3.8) is 0 Å². The standard InChI is InChI=1S/C19H14N.2ClH.Cr/c1-3-7-18-14(5-1)9-10-16(18)13-17-12-11-15-6-2-4-8-19(15)20-17;;;/h1-12H,13H2;2*1H;. The molecule has 1 aliphatic carbocycles. The van der Waals surface area contributed by atoms with Gasteiger partial charge in [0.15, 0.2) is 0 Å². The zero-order chi connectivity index (χ0) is 14.3. The number of para-hydroxylation sites is 1. The molecule has 1 atom stereocenters. The summed E-state index contributed by atoms with van der Waals surface area (Å²) in [5.41, 5.74) is 4.83. The number of fused-ring (bicyclic) bond motifs is 2. The van der Waals surface area contributed by atoms with E-state index in [1.54, 1.807) is 0 Å². The van der Waals surface area contributed by atoms with Crippen molar-refractivity contribution < 1.29 is 16.3 Å². The topological polar surface area (TPSA) is 12.9 Å². The average Bonchev–Trinajstić information content (AvgIpc) is 2.85. The van der Waals surface area contributed by atoms with Gasteiger partial charge in [0.25, 0.3) is 0 Å². The molecule has 4 rings (SSSR count). The molecule has 1 aliphatic rings. The van der Waals surface area contributed by atoms with E-state index in [4.69, 9.17) is 4.98 Å². The molecule has 0 radical (unpaired) electrons. The van der Waals surface area contributed by atoms with Gasteiger partial charge in [-0.1, -0.05) is 0 Å². The molecule has 4 heteroatoms. The SMILES string of the molecule is Cl.Cl.[Cr][C]1(Cc2ccc3ccccc3n2)C=Cc2ccccc21. The Morgan fingerprint density at radius 3 is 2.48 bits per heavy atom. The molecule has 0 spiro atoms. The summed E-state index contributed by atoms with van der Waals surface area (Å²) in [4.78, 5) is 4.80. The molecule has 3 aromatic rings. The van der Waals surface area contributed by atoms with Gasteiger partial charge in [-0.3, -0.25) is 0 Å². The Bertz CT molecular complexity index is 863. The third-order valence-electron chi connectivity index (χ3n) is 4.05. The van der Waals surface area contributed by atoms with Crippen molar-refractivity contribution in [1.82, 2.24) is 4.98 Å². The fraction of sp³-hybridized carbons (Fsp3) is 0.105. The van der Waals surface area contributed by atoms with Gasteiger partial charge >= 0.3 is 133 Å². The van der Waals surface area contributed by atoms with Gasteiger partial charge in [-0.25, -0.2) is 0 Å². The van der Waals surface area contributed by atoms with Crippen molar-refractivity contribution in [2.24, 2.45) is 0 Å². The molecule has 1 heterocycles. The van der Waals surface area contributed by atoms with E-state index in [1.807, 2.05) is 6.07 Å². The molecule has 0 aliphatic heterocycles. The summed E-state index contributed by atoms with van der Waals surface area (Å²) in [6.45, 7) is 0. The van der Waals surface area contributed by atoms with Crippen LogP contribution in [0.5, 0.6) is 0 Å². The molecule has 0 amide bonds. The number of aromatic nitrogens is 1. The molecular formula is C19H16Cl2CrN. The van der Waals surface area contributed by atoms with Crippen molar-refractivity contribution in [2.45, 2.75) is 10.7 Å². The second kappa shape index (κ2) is 7.08. The van der Waals surface area contributed by atoms with Gasteiger partial charge in [0.1, 0.15) is 0 Å². The zero-order valence-electron chi connectivity index (χ0n) is 12.3. The van der Waals surface area contributed by atoms with Crippen LogP contribution < -0.4 is 0 Å². The van der Waals surface area contributed by atoms with Crippen LogP contribution in [0, 0.1) is 0 Å². The Hall–Kier alpha value is -1.30. The Morgan fingerprint density at radius 1 is 0.870 bits per heavy atom. The van der Waals surface area contributed by atoms with Gasteiger partial charge in [0.05, 0.1) is 0 Å². The van der Waals surface area contributed by atoms with Crippen LogP contribution in [0.1, 0.15) is 16.8 Å². The van der Waals surface area contributed by atoms with Crippen molar-refractivity contribution in [2.75, 3.05) is 0 Å². The molecule has 1 unspecified atom stereocenters. The Balaban J connectivity index is 0.000000960. The van der Waals surface area contributed by atoms with Gasteiger partial charge in [-0.2, -0.15) is 0 Å². The normalized spacial score (nSPS) is 18.1. The van der Waals surface area contributed by atoms with Crippen LogP contribution in [0.4, 0.5) is 0 Å². The zero-order valence-corrected chi connectivity index (χ0v) is 15.2. The summed E-state index contributed by atoms with van der Waals surface area (Å²) in [7, 11) is 0. The number of pyridine rings is 1. The van der Waals surface area contributed by atoms with E-state index in [0.29, 0.717) is 0 Å². The number of rotatable bonds is 2. The molecule has 0 fully saturated rings. The average molecular weight is 381 g/mol. The second-order valence-electron chi connectivity index (χ2n) is 5.48. The third kappa shape index (κ3) is 3.32. The second-order valence-corrected chi connectivity index (χ2v) is 6.62. The van der Waals surface area contributed by atoms with Crippen LogP contribution in [0.2, 0.25) is 0 Å². The van der Waals surface area contributed by atoms with E-state index in [1.165, 1.54) is 16.5 Å². The van der Waals surface area contributed by atoms with Crippen LogP contribution >= 0.6 is 24.8 Å². The number of halogens is 2. The molecule has 1 aromatic heterocycles. The summed E-state index contributed by atoms with van der Waals surface area (Å²) >= 11 is 3.38. The van der Waals surface area contributed by atoms with Crippen LogP contribution in [0.15, 0.2) is 66.7 Å². The van der Waals surface area contributed by atoms with E-state index < -0.39 is 0 Å². The number of hydrogen-bond donors (Lipinski definition) is 0. The summed E-state index contributed by atoms with van der Waals surface area (Å²) < 4.78 is -0.0773. The Morgan fingerprint density at radius 2 is 1.61 bits per heavy atom. The summed E-state index contributed by atoms with van der Waals surface area (Å²) in [6.07, 6.45) is 5.34. The van der Waals surface area contributed by atoms with Crippen molar-refractivity contribution >= 4 is 41.8 Å². The van der Waals surface area contributed by atoms with Crippen molar-refractivity contribution in [3.05, 3.63) is 83.6 Å². The predicted octanol–water partition coefficient (Wildman–Crippen LogP) is 5.09. The van der Waals surface area contributed by atoms with E-state index in [-0.39, 0.29) is 29.1 Å². The van der Waals surface area contributed by atoms with Gasteiger partial charge in [0, 0.05) is 0 Å². The number of nitrogens with zero attached hydrogens (tertiary/aromatic N) is 1. The van der Waals surface area contributed by atoms with Crippen LogP contribution in [0.25, 0.3) is 17.0 Å². The maximum atomic E-state index is 4.80. The van der Waals surface area contributed by atoms with Crippen LogP contribution in [0.3, 0.4) is 0 Å². The summed E-state index contributed by atoms with van der Waals surface area (Å²) in [5.74, 6) is 0. The molecule has 0 saturated carbocycles. The molecule has 23 heavy (non-hydrogen) atoms. The Kier molecular flexibility index (Phi) is 5.55. The Labute approximate surface area is 157 Å². The first kappa shape index (κ1) is 18.0. The quantitative estimate of drug-likeness (QED) is 0.603. The third-order valence-corrected chi connectivity index (χ3v) is 4.83. The van der Waals surface area contributed by atoms with Crippen molar-refractivity contribution in [1.29, 1.82) is 0 Å².